The van der Waals surface area contributed by atoms with Gasteiger partial charge in [0, 0.05) is 11.1 Å². The minimum Gasteiger partial charge on any atom is -0.482 e. The zero-order chi connectivity index (χ0) is 19.3. The van der Waals surface area contributed by atoms with Crippen molar-refractivity contribution >= 4 is 28.3 Å². The van der Waals surface area contributed by atoms with Crippen molar-refractivity contribution in [3.63, 3.8) is 0 Å². The van der Waals surface area contributed by atoms with Crippen molar-refractivity contribution in [2.45, 2.75) is 19.3 Å². The monoisotopic (exact) mass is 375 g/mol. The van der Waals surface area contributed by atoms with Crippen LogP contribution in [0.5, 0.6) is 5.75 Å². The van der Waals surface area contributed by atoms with Gasteiger partial charge in [0.1, 0.15) is 5.75 Å². The Balaban J connectivity index is 1.27. The molecule has 1 amide bonds. The number of hydrogen-bond donors (Lipinski definition) is 1. The summed E-state index contributed by atoms with van der Waals surface area (Å²) in [5, 5.41) is 4.75. The van der Waals surface area contributed by atoms with Crippen molar-refractivity contribution in [3.8, 4) is 5.75 Å². The molecule has 1 N–H and O–H groups in total. The number of rotatable bonds is 6. The van der Waals surface area contributed by atoms with Crippen LogP contribution in [0.15, 0.2) is 60.7 Å². The Hall–Kier alpha value is -3.34. The van der Waals surface area contributed by atoms with Crippen LogP contribution in [0, 0.1) is 0 Å². The Morgan fingerprint density at radius 1 is 0.893 bits per heavy atom. The summed E-state index contributed by atoms with van der Waals surface area (Å²) >= 11 is 0. The number of anilines is 1. The first-order valence-electron chi connectivity index (χ1n) is 9.37. The number of nitrogens with one attached hydrogen (secondary N) is 1. The Labute approximate surface area is 163 Å². The normalized spacial score (nSPS) is 12.4. The molecule has 0 atom stereocenters. The van der Waals surface area contributed by atoms with Crippen molar-refractivity contribution < 1.29 is 19.1 Å². The summed E-state index contributed by atoms with van der Waals surface area (Å²) in [7, 11) is 0. The number of fused-ring (bicyclic) bond motifs is 2. The molecule has 1 aliphatic carbocycles. The van der Waals surface area contributed by atoms with Gasteiger partial charge in [-0.2, -0.15) is 0 Å². The summed E-state index contributed by atoms with van der Waals surface area (Å²) in [6.07, 6.45) is 3.31. The van der Waals surface area contributed by atoms with Crippen LogP contribution < -0.4 is 10.1 Å². The van der Waals surface area contributed by atoms with E-state index in [0.717, 1.165) is 30.0 Å². The summed E-state index contributed by atoms with van der Waals surface area (Å²) in [6.45, 7) is -0.573. The van der Waals surface area contributed by atoms with Gasteiger partial charge in [-0.1, -0.05) is 42.5 Å². The molecular formula is C23H21NO4. The molecule has 0 spiro atoms. The van der Waals surface area contributed by atoms with E-state index in [4.69, 9.17) is 9.47 Å². The fraction of sp³-hybridized carbons (Fsp3) is 0.217. The standard InChI is InChI=1S/C23H21NO4/c25-22(24-21-10-4-7-17-5-1-2-9-20(17)21)14-28-23(26)15-27-19-12-11-16-6-3-8-18(16)13-19/h1-2,4-5,7,9-13H,3,6,8,14-15H2,(H,24,25). The quantitative estimate of drug-likeness (QED) is 0.664. The van der Waals surface area contributed by atoms with Gasteiger partial charge in [-0.15, -0.1) is 0 Å². The van der Waals surface area contributed by atoms with Gasteiger partial charge in [0.05, 0.1) is 0 Å². The van der Waals surface area contributed by atoms with Crippen molar-refractivity contribution in [2.24, 2.45) is 0 Å². The fourth-order valence-corrected chi connectivity index (χ4v) is 3.49. The van der Waals surface area contributed by atoms with Gasteiger partial charge in [0.15, 0.2) is 13.2 Å². The molecule has 0 aliphatic heterocycles. The highest BCUT2D eigenvalue weighted by Gasteiger charge is 2.13. The molecule has 28 heavy (non-hydrogen) atoms. The van der Waals surface area contributed by atoms with Crippen LogP contribution in [0.2, 0.25) is 0 Å². The lowest BCUT2D eigenvalue weighted by molar-refractivity contribution is -0.149. The van der Waals surface area contributed by atoms with Gasteiger partial charge in [-0.3, -0.25) is 4.79 Å². The summed E-state index contributed by atoms with van der Waals surface area (Å²) in [5.74, 6) is -0.311. The summed E-state index contributed by atoms with van der Waals surface area (Å²) in [5.41, 5.74) is 3.31. The third kappa shape index (κ3) is 4.14. The third-order valence-electron chi connectivity index (χ3n) is 4.85. The van der Waals surface area contributed by atoms with Crippen LogP contribution >= 0.6 is 0 Å². The molecule has 0 bridgehead atoms. The second-order valence-corrected chi connectivity index (χ2v) is 6.81. The number of hydrogen-bond acceptors (Lipinski definition) is 4. The minimum absolute atomic E-state index is 0.222. The maximum atomic E-state index is 12.1. The SMILES string of the molecule is O=C(COC(=O)COc1ccc2c(c1)CCC2)Nc1cccc2ccccc12. The van der Waals surface area contributed by atoms with E-state index in [1.54, 1.807) is 0 Å². The van der Waals surface area contributed by atoms with Gasteiger partial charge in [-0.25, -0.2) is 4.79 Å². The van der Waals surface area contributed by atoms with E-state index in [-0.39, 0.29) is 19.1 Å². The molecule has 0 saturated carbocycles. The number of carbonyl (C=O) groups is 2. The van der Waals surface area contributed by atoms with E-state index >= 15 is 0 Å². The highest BCUT2D eigenvalue weighted by Crippen LogP contribution is 2.26. The lowest BCUT2D eigenvalue weighted by Crippen LogP contribution is -2.23. The Morgan fingerprint density at radius 3 is 2.64 bits per heavy atom. The van der Waals surface area contributed by atoms with Gasteiger partial charge in [0.25, 0.3) is 5.91 Å². The van der Waals surface area contributed by atoms with Crippen molar-refractivity contribution in [3.05, 3.63) is 71.8 Å². The molecule has 0 aromatic heterocycles. The fourth-order valence-electron chi connectivity index (χ4n) is 3.49. The number of amides is 1. The van der Waals surface area contributed by atoms with E-state index in [0.29, 0.717) is 11.4 Å². The number of benzene rings is 3. The molecule has 142 valence electrons. The second kappa shape index (κ2) is 8.13. The smallest absolute Gasteiger partial charge is 0.344 e. The number of aryl methyl sites for hydroxylation is 2. The molecule has 1 aliphatic rings. The van der Waals surface area contributed by atoms with E-state index in [2.05, 4.69) is 5.32 Å². The highest BCUT2D eigenvalue weighted by atomic mass is 16.6. The zero-order valence-corrected chi connectivity index (χ0v) is 15.4. The van der Waals surface area contributed by atoms with Crippen LogP contribution in [0.4, 0.5) is 5.69 Å². The Morgan fingerprint density at radius 2 is 1.71 bits per heavy atom. The Bertz CT molecular complexity index is 1020. The maximum Gasteiger partial charge on any atom is 0.344 e. The van der Waals surface area contributed by atoms with Crippen LogP contribution in [0.1, 0.15) is 17.5 Å². The molecule has 3 aromatic carbocycles. The third-order valence-corrected chi connectivity index (χ3v) is 4.85. The lowest BCUT2D eigenvalue weighted by Gasteiger charge is -2.10. The lowest BCUT2D eigenvalue weighted by atomic mass is 10.1. The van der Waals surface area contributed by atoms with Crippen molar-refractivity contribution in [2.75, 3.05) is 18.5 Å². The molecule has 0 saturated heterocycles. The first-order valence-corrected chi connectivity index (χ1v) is 9.37. The topological polar surface area (TPSA) is 64.6 Å². The van der Waals surface area contributed by atoms with Gasteiger partial charge >= 0.3 is 5.97 Å². The van der Waals surface area contributed by atoms with Gasteiger partial charge < -0.3 is 14.8 Å². The highest BCUT2D eigenvalue weighted by molar-refractivity contribution is 6.02. The summed E-state index contributed by atoms with van der Waals surface area (Å²) in [6, 6.07) is 19.3. The molecule has 0 heterocycles. The van der Waals surface area contributed by atoms with Crippen LogP contribution in [0.25, 0.3) is 10.8 Å². The summed E-state index contributed by atoms with van der Waals surface area (Å²) in [4.78, 5) is 24.0. The first-order chi connectivity index (χ1) is 13.7. The molecule has 0 radical (unpaired) electrons. The van der Waals surface area contributed by atoms with Gasteiger partial charge in [0.2, 0.25) is 0 Å². The molecular weight excluding hydrogens is 354 g/mol. The maximum absolute atomic E-state index is 12.1. The number of ether oxygens (including phenoxy) is 2. The molecule has 5 heteroatoms. The largest absolute Gasteiger partial charge is 0.482 e. The van der Waals surface area contributed by atoms with Crippen molar-refractivity contribution in [1.29, 1.82) is 0 Å². The molecule has 4 rings (SSSR count). The first kappa shape index (κ1) is 18.0. The van der Waals surface area contributed by atoms with Crippen LogP contribution in [-0.2, 0) is 27.2 Å². The number of esters is 1. The van der Waals surface area contributed by atoms with Gasteiger partial charge in [-0.05, 0) is 54.0 Å². The molecule has 0 unspecified atom stereocenters. The average Bonchev–Trinajstić information content (AvgIpc) is 3.19. The van der Waals surface area contributed by atoms with E-state index < -0.39 is 5.97 Å². The predicted molar refractivity (Wildman–Crippen MR) is 107 cm³/mol. The Kier molecular flexibility index (Phi) is 5.24. The summed E-state index contributed by atoms with van der Waals surface area (Å²) < 4.78 is 10.5. The van der Waals surface area contributed by atoms with E-state index in [1.165, 1.54) is 11.1 Å². The molecule has 3 aromatic rings. The number of carbonyl (C=O) groups excluding carboxylic acids is 2. The van der Waals surface area contributed by atoms with E-state index in [1.807, 2.05) is 60.7 Å². The zero-order valence-electron chi connectivity index (χ0n) is 15.4. The second-order valence-electron chi connectivity index (χ2n) is 6.81. The average molecular weight is 375 g/mol. The molecule has 5 nitrogen and oxygen atoms in total. The molecule has 0 fully saturated rings. The van der Waals surface area contributed by atoms with Crippen molar-refractivity contribution in [1.82, 2.24) is 0 Å². The van der Waals surface area contributed by atoms with E-state index in [9.17, 15) is 9.59 Å². The predicted octanol–water partition coefficient (Wildman–Crippen LogP) is 3.89. The van der Waals surface area contributed by atoms with Crippen LogP contribution in [-0.4, -0.2) is 25.1 Å². The minimum atomic E-state index is -0.575. The van der Waals surface area contributed by atoms with Crippen LogP contribution in [0.3, 0.4) is 0 Å².